The minimum Gasteiger partial charge on any atom is -0.350 e. The number of hydrogen-bond acceptors (Lipinski definition) is 4. The van der Waals surface area contributed by atoms with E-state index in [4.69, 9.17) is 0 Å². The number of anilines is 1. The number of hydrogen-bond donors (Lipinski definition) is 1. The molecular weight excluding hydrogens is 522 g/mol. The number of amides is 2. The monoisotopic (exact) mass is 563 g/mol. The highest BCUT2D eigenvalue weighted by Crippen LogP contribution is 2.25. The fraction of sp³-hybridized carbons (Fsp3) is 0.375. The maximum absolute atomic E-state index is 14.1. The van der Waals surface area contributed by atoms with Crippen LogP contribution in [0.5, 0.6) is 0 Å². The molecule has 2 amide bonds. The lowest BCUT2D eigenvalue weighted by Crippen LogP contribution is -2.56. The Morgan fingerprint density at radius 1 is 0.825 bits per heavy atom. The van der Waals surface area contributed by atoms with E-state index in [0.717, 1.165) is 21.9 Å². The quantitative estimate of drug-likeness (QED) is 0.328. The Morgan fingerprint density at radius 2 is 1.40 bits per heavy atom. The molecule has 3 aromatic carbocycles. The molecule has 3 rings (SSSR count). The van der Waals surface area contributed by atoms with Crippen molar-refractivity contribution in [3.8, 4) is 0 Å². The number of carbonyl (C=O) groups excluding carboxylic acids is 2. The van der Waals surface area contributed by atoms with Crippen molar-refractivity contribution in [3.63, 3.8) is 0 Å². The Balaban J connectivity index is 2.01. The molecule has 0 aromatic heterocycles. The van der Waals surface area contributed by atoms with Gasteiger partial charge < -0.3 is 10.2 Å². The number of benzene rings is 3. The second kappa shape index (κ2) is 13.6. The molecule has 0 fully saturated rings. The number of rotatable bonds is 12. The lowest BCUT2D eigenvalue weighted by Gasteiger charge is -2.34. The van der Waals surface area contributed by atoms with E-state index in [1.165, 1.54) is 17.0 Å². The second-order valence-corrected chi connectivity index (χ2v) is 12.7. The average Bonchev–Trinajstić information content (AvgIpc) is 2.93. The van der Waals surface area contributed by atoms with E-state index in [9.17, 15) is 18.0 Å². The minimum atomic E-state index is -4.07. The number of nitrogens with one attached hydrogen (secondary N) is 1. The smallest absolute Gasteiger partial charge is 0.264 e. The van der Waals surface area contributed by atoms with Crippen LogP contribution in [-0.4, -0.2) is 49.8 Å². The predicted octanol–water partition coefficient (Wildman–Crippen LogP) is 5.21. The number of nitrogens with zero attached hydrogens (tertiary/aromatic N) is 2. The van der Waals surface area contributed by atoms with Crippen LogP contribution in [0, 0.1) is 0 Å². The molecule has 1 atom stereocenters. The molecule has 0 aliphatic heterocycles. The maximum Gasteiger partial charge on any atom is 0.264 e. The second-order valence-electron chi connectivity index (χ2n) is 10.8. The Labute approximate surface area is 239 Å². The summed E-state index contributed by atoms with van der Waals surface area (Å²) in [6.45, 7) is 9.39. The highest BCUT2D eigenvalue weighted by atomic mass is 32.2. The van der Waals surface area contributed by atoms with Crippen LogP contribution in [-0.2, 0) is 32.5 Å². The van der Waals surface area contributed by atoms with Gasteiger partial charge in [-0.3, -0.25) is 13.9 Å². The van der Waals surface area contributed by atoms with Gasteiger partial charge >= 0.3 is 0 Å². The lowest BCUT2D eigenvalue weighted by atomic mass is 10.1. The summed E-state index contributed by atoms with van der Waals surface area (Å²) in [5.41, 5.74) is 1.99. The van der Waals surface area contributed by atoms with Crippen LogP contribution in [0.25, 0.3) is 0 Å². The fourth-order valence-electron chi connectivity index (χ4n) is 4.50. The molecule has 7 nitrogen and oxygen atoms in total. The van der Waals surface area contributed by atoms with Crippen molar-refractivity contribution >= 4 is 27.5 Å². The molecule has 3 aromatic rings. The minimum absolute atomic E-state index is 0.0933. The first-order chi connectivity index (χ1) is 19.0. The summed E-state index contributed by atoms with van der Waals surface area (Å²) < 4.78 is 28.9. The van der Waals surface area contributed by atoms with Crippen molar-refractivity contribution in [3.05, 3.63) is 96.1 Å². The van der Waals surface area contributed by atoms with E-state index in [0.29, 0.717) is 18.5 Å². The Hall–Kier alpha value is -3.65. The average molecular weight is 564 g/mol. The van der Waals surface area contributed by atoms with Crippen LogP contribution in [0.4, 0.5) is 5.69 Å². The van der Waals surface area contributed by atoms with Gasteiger partial charge in [-0.25, -0.2) is 8.42 Å². The van der Waals surface area contributed by atoms with E-state index in [2.05, 4.69) is 5.32 Å². The van der Waals surface area contributed by atoms with E-state index in [-0.39, 0.29) is 17.3 Å². The normalized spacial score (nSPS) is 12.4. The molecule has 1 N–H and O–H groups in total. The molecule has 8 heteroatoms. The molecule has 0 saturated heterocycles. The van der Waals surface area contributed by atoms with E-state index in [1.807, 2.05) is 77.1 Å². The van der Waals surface area contributed by atoms with Crippen LogP contribution < -0.4 is 9.62 Å². The summed E-state index contributed by atoms with van der Waals surface area (Å²) in [4.78, 5) is 29.0. The molecule has 40 heavy (non-hydrogen) atoms. The molecule has 214 valence electrons. The van der Waals surface area contributed by atoms with Crippen molar-refractivity contribution in [2.75, 3.05) is 17.4 Å². The molecule has 0 saturated carbocycles. The fourth-order valence-corrected chi connectivity index (χ4v) is 5.93. The highest BCUT2D eigenvalue weighted by Gasteiger charge is 2.34. The molecule has 0 aliphatic carbocycles. The Kier molecular flexibility index (Phi) is 10.5. The van der Waals surface area contributed by atoms with Crippen molar-refractivity contribution in [1.29, 1.82) is 0 Å². The standard InChI is InChI=1S/C32H41N3O4S/c1-6-25-18-20-27(21-19-25)35(40(38,39)28-16-12-9-13-17-28)24-30(36)34(23-22-26-14-10-8-11-15-26)29(7-2)31(37)33-32(3,4)5/h8-21,29H,6-7,22-24H2,1-5H3,(H,33,37). The Bertz CT molecular complexity index is 1350. The first-order valence-corrected chi connectivity index (χ1v) is 15.2. The molecule has 0 heterocycles. The zero-order valence-corrected chi connectivity index (χ0v) is 24.9. The van der Waals surface area contributed by atoms with Crippen LogP contribution in [0.2, 0.25) is 0 Å². The van der Waals surface area contributed by atoms with Gasteiger partial charge in [0.15, 0.2) is 0 Å². The van der Waals surface area contributed by atoms with Crippen molar-refractivity contribution < 1.29 is 18.0 Å². The molecular formula is C32H41N3O4S. The number of sulfonamides is 1. The third-order valence-electron chi connectivity index (χ3n) is 6.61. The first kappa shape index (κ1) is 30.9. The molecule has 1 unspecified atom stereocenters. The summed E-state index contributed by atoms with van der Waals surface area (Å²) in [5, 5.41) is 2.99. The SMILES string of the molecule is CCc1ccc(N(CC(=O)N(CCc2ccccc2)C(CC)C(=O)NC(C)(C)C)S(=O)(=O)c2ccccc2)cc1. The zero-order valence-electron chi connectivity index (χ0n) is 24.1. The van der Waals surface area contributed by atoms with E-state index < -0.39 is 34.1 Å². The third-order valence-corrected chi connectivity index (χ3v) is 8.40. The summed E-state index contributed by atoms with van der Waals surface area (Å²) in [6.07, 6.45) is 1.72. The number of aryl methyl sites for hydroxylation is 1. The molecule has 0 spiro atoms. The molecule has 0 bridgehead atoms. The van der Waals surface area contributed by atoms with Crippen molar-refractivity contribution in [2.24, 2.45) is 0 Å². The van der Waals surface area contributed by atoms with Crippen molar-refractivity contribution in [2.45, 2.75) is 70.4 Å². The van der Waals surface area contributed by atoms with Crippen LogP contribution in [0.1, 0.15) is 52.2 Å². The topological polar surface area (TPSA) is 86.8 Å². The Morgan fingerprint density at radius 3 is 1.93 bits per heavy atom. The largest absolute Gasteiger partial charge is 0.350 e. The zero-order chi connectivity index (χ0) is 29.3. The molecule has 0 aliphatic rings. The van der Waals surface area contributed by atoms with Gasteiger partial charge in [-0.2, -0.15) is 0 Å². The van der Waals surface area contributed by atoms with Gasteiger partial charge in [0.2, 0.25) is 11.8 Å². The van der Waals surface area contributed by atoms with Gasteiger partial charge in [0.1, 0.15) is 12.6 Å². The summed E-state index contributed by atoms with van der Waals surface area (Å²) in [7, 11) is -4.07. The van der Waals surface area contributed by atoms with E-state index in [1.54, 1.807) is 30.3 Å². The van der Waals surface area contributed by atoms with Crippen LogP contribution in [0.3, 0.4) is 0 Å². The maximum atomic E-state index is 14.1. The van der Waals surface area contributed by atoms with Gasteiger partial charge in [-0.05, 0) is 75.4 Å². The van der Waals surface area contributed by atoms with Gasteiger partial charge in [-0.15, -0.1) is 0 Å². The summed E-state index contributed by atoms with van der Waals surface area (Å²) in [6, 6.07) is 24.3. The van der Waals surface area contributed by atoms with Gasteiger partial charge in [0, 0.05) is 12.1 Å². The third kappa shape index (κ3) is 8.18. The van der Waals surface area contributed by atoms with Gasteiger partial charge in [0.05, 0.1) is 10.6 Å². The lowest BCUT2D eigenvalue weighted by molar-refractivity contribution is -0.140. The summed E-state index contributed by atoms with van der Waals surface area (Å²) >= 11 is 0. The van der Waals surface area contributed by atoms with Gasteiger partial charge in [-0.1, -0.05) is 74.5 Å². The molecule has 0 radical (unpaired) electrons. The van der Waals surface area contributed by atoms with Crippen molar-refractivity contribution in [1.82, 2.24) is 10.2 Å². The van der Waals surface area contributed by atoms with E-state index >= 15 is 0 Å². The predicted molar refractivity (Wildman–Crippen MR) is 161 cm³/mol. The first-order valence-electron chi connectivity index (χ1n) is 13.8. The van der Waals surface area contributed by atoms with Crippen LogP contribution in [0.15, 0.2) is 89.8 Å². The van der Waals surface area contributed by atoms with Gasteiger partial charge in [0.25, 0.3) is 10.0 Å². The summed E-state index contributed by atoms with van der Waals surface area (Å²) in [5.74, 6) is -0.702. The number of carbonyl (C=O) groups is 2. The van der Waals surface area contributed by atoms with Crippen LogP contribution >= 0.6 is 0 Å². The highest BCUT2D eigenvalue weighted by molar-refractivity contribution is 7.92.